The smallest absolute Gasteiger partial charge is 0.134 e. The highest BCUT2D eigenvalue weighted by Crippen LogP contribution is 2.48. The maximum Gasteiger partial charge on any atom is 0.134 e. The number of hydrogen-bond donors (Lipinski definition) is 0. The lowest BCUT2D eigenvalue weighted by atomic mass is 9.63. The Morgan fingerprint density at radius 2 is 1.11 bits per heavy atom. The van der Waals surface area contributed by atoms with Crippen LogP contribution in [0.15, 0.2) is 12.7 Å². The normalized spacial score (nSPS) is 42.0. The Morgan fingerprint density at radius 1 is 0.704 bits per heavy atom. The molecule has 0 amide bonds. The summed E-state index contributed by atoms with van der Waals surface area (Å²) in [5.74, 6) is 2.37. The van der Waals surface area contributed by atoms with Crippen LogP contribution in [0, 0.1) is 35.5 Å². The third-order valence-electron chi connectivity index (χ3n) is 7.62. The minimum Gasteiger partial charge on any atom is -0.412 e. The third-order valence-corrected chi connectivity index (χ3v) is 7.62. The number of rotatable bonds is 4. The minimum atomic E-state index is -1.20. The van der Waals surface area contributed by atoms with Crippen molar-refractivity contribution >= 4 is 0 Å². The largest absolute Gasteiger partial charge is 0.412 e. The molecule has 27 heavy (non-hydrogen) atoms. The maximum atomic E-state index is 15.0. The Bertz CT molecular complexity index is 404. The van der Waals surface area contributed by atoms with Gasteiger partial charge in [-0.05, 0) is 93.3 Å². The molecule has 3 rings (SSSR count). The van der Waals surface area contributed by atoms with E-state index in [0.29, 0.717) is 11.8 Å². The fourth-order valence-corrected chi connectivity index (χ4v) is 5.97. The molecule has 0 radical (unpaired) electrons. The van der Waals surface area contributed by atoms with Crippen molar-refractivity contribution in [2.45, 2.75) is 89.9 Å². The topological polar surface area (TPSA) is 94.5 Å². The van der Waals surface area contributed by atoms with Gasteiger partial charge >= 0.3 is 0 Å². The SMILES string of the molecule is C=CCC1CCC(C2CCC(C3CCC(C)CC3)C(F)C2F)CC1.O.O.O. The zero-order chi connectivity index (χ0) is 17.1. The molecule has 4 unspecified atom stereocenters. The van der Waals surface area contributed by atoms with E-state index in [-0.39, 0.29) is 28.3 Å². The standard InChI is InChI=1S/C22H36F2.3H2O/c1-3-4-16-7-11-18(12-8-16)20-14-13-19(21(23)22(20)24)17-9-5-15(2)6-10-17;;;/h3,15-22H,1,4-14H2,2H3;3*1H2. The lowest BCUT2D eigenvalue weighted by Crippen LogP contribution is -2.45. The minimum absolute atomic E-state index is 0. The lowest BCUT2D eigenvalue weighted by Gasteiger charge is -2.44. The molecule has 0 aromatic rings. The van der Waals surface area contributed by atoms with Crippen molar-refractivity contribution in [3.05, 3.63) is 12.7 Å². The van der Waals surface area contributed by atoms with Gasteiger partial charge in [-0.25, -0.2) is 8.78 Å². The molecule has 0 saturated heterocycles. The monoisotopic (exact) mass is 392 g/mol. The number of halogens is 2. The van der Waals surface area contributed by atoms with Crippen molar-refractivity contribution in [3.63, 3.8) is 0 Å². The highest BCUT2D eigenvalue weighted by Gasteiger charge is 2.46. The van der Waals surface area contributed by atoms with Crippen molar-refractivity contribution in [1.82, 2.24) is 0 Å². The van der Waals surface area contributed by atoms with Crippen LogP contribution in [0.4, 0.5) is 8.78 Å². The van der Waals surface area contributed by atoms with E-state index < -0.39 is 12.3 Å². The first-order chi connectivity index (χ1) is 11.6. The molecule has 0 bridgehead atoms. The van der Waals surface area contributed by atoms with Gasteiger partial charge in [-0.2, -0.15) is 0 Å². The molecule has 5 heteroatoms. The van der Waals surface area contributed by atoms with Crippen LogP contribution in [-0.4, -0.2) is 28.8 Å². The van der Waals surface area contributed by atoms with Crippen LogP contribution >= 0.6 is 0 Å². The Morgan fingerprint density at radius 3 is 1.52 bits per heavy atom. The molecule has 3 aliphatic carbocycles. The first-order valence-electron chi connectivity index (χ1n) is 10.5. The van der Waals surface area contributed by atoms with E-state index in [1.807, 2.05) is 6.08 Å². The van der Waals surface area contributed by atoms with Gasteiger partial charge in [0.2, 0.25) is 0 Å². The van der Waals surface area contributed by atoms with Gasteiger partial charge in [-0.15, -0.1) is 6.58 Å². The van der Waals surface area contributed by atoms with Crippen LogP contribution in [0.2, 0.25) is 0 Å². The lowest BCUT2D eigenvalue weighted by molar-refractivity contribution is -0.0362. The van der Waals surface area contributed by atoms with Gasteiger partial charge in [0.05, 0.1) is 0 Å². The first-order valence-corrected chi connectivity index (χ1v) is 10.5. The second kappa shape index (κ2) is 12.1. The summed E-state index contributed by atoms with van der Waals surface area (Å²) in [4.78, 5) is 0. The molecule has 0 aromatic carbocycles. The Labute approximate surface area is 163 Å². The number of allylic oxidation sites excluding steroid dienone is 1. The Kier molecular flexibility index (Phi) is 11.9. The van der Waals surface area contributed by atoms with Gasteiger partial charge in [-0.1, -0.05) is 25.8 Å². The molecule has 0 heterocycles. The van der Waals surface area contributed by atoms with Crippen molar-refractivity contribution in [2.75, 3.05) is 0 Å². The molecule has 3 nitrogen and oxygen atoms in total. The van der Waals surface area contributed by atoms with E-state index >= 15 is 0 Å². The van der Waals surface area contributed by atoms with E-state index in [9.17, 15) is 8.78 Å². The van der Waals surface area contributed by atoms with E-state index in [1.165, 1.54) is 25.7 Å². The molecular formula is C22H42F2O3. The zero-order valence-electron chi connectivity index (χ0n) is 16.9. The van der Waals surface area contributed by atoms with E-state index in [2.05, 4.69) is 13.5 Å². The Balaban J connectivity index is 0.00000225. The highest BCUT2D eigenvalue weighted by atomic mass is 19.2. The maximum absolute atomic E-state index is 15.0. The van der Waals surface area contributed by atoms with Crippen molar-refractivity contribution < 1.29 is 25.2 Å². The molecular weight excluding hydrogens is 350 g/mol. The van der Waals surface area contributed by atoms with E-state index in [1.54, 1.807) is 0 Å². The molecule has 3 aliphatic rings. The quantitative estimate of drug-likeness (QED) is 0.633. The fraction of sp³-hybridized carbons (Fsp3) is 0.909. The predicted molar refractivity (Wildman–Crippen MR) is 108 cm³/mol. The molecule has 0 aliphatic heterocycles. The van der Waals surface area contributed by atoms with Gasteiger partial charge in [0, 0.05) is 0 Å². The van der Waals surface area contributed by atoms with Crippen LogP contribution in [0.25, 0.3) is 0 Å². The fourth-order valence-electron chi connectivity index (χ4n) is 5.97. The molecule has 4 atom stereocenters. The van der Waals surface area contributed by atoms with Gasteiger partial charge in [-0.3, -0.25) is 0 Å². The van der Waals surface area contributed by atoms with Gasteiger partial charge in [0.15, 0.2) is 0 Å². The summed E-state index contributed by atoms with van der Waals surface area (Å²) in [6.45, 7) is 6.13. The predicted octanol–water partition coefficient (Wildman–Crippen LogP) is 4.42. The summed E-state index contributed by atoms with van der Waals surface area (Å²) in [6, 6.07) is 0. The van der Waals surface area contributed by atoms with Crippen LogP contribution in [0.5, 0.6) is 0 Å². The zero-order valence-corrected chi connectivity index (χ0v) is 16.9. The molecule has 6 N–H and O–H groups in total. The molecule has 3 saturated carbocycles. The van der Waals surface area contributed by atoms with E-state index in [0.717, 1.165) is 56.8 Å². The second-order valence-corrected chi connectivity index (χ2v) is 9.12. The van der Waals surface area contributed by atoms with E-state index in [4.69, 9.17) is 0 Å². The van der Waals surface area contributed by atoms with Crippen LogP contribution < -0.4 is 0 Å². The molecule has 3 fully saturated rings. The Hall–Kier alpha value is -0.520. The van der Waals surface area contributed by atoms with Crippen molar-refractivity contribution in [2.24, 2.45) is 35.5 Å². The molecule has 0 spiro atoms. The van der Waals surface area contributed by atoms with Crippen LogP contribution in [-0.2, 0) is 0 Å². The summed E-state index contributed by atoms with van der Waals surface area (Å²) >= 11 is 0. The van der Waals surface area contributed by atoms with Crippen LogP contribution in [0.1, 0.15) is 77.6 Å². The molecule has 162 valence electrons. The van der Waals surface area contributed by atoms with Gasteiger partial charge in [0.25, 0.3) is 0 Å². The average Bonchev–Trinajstić information content (AvgIpc) is 2.59. The van der Waals surface area contributed by atoms with Gasteiger partial charge < -0.3 is 16.4 Å². The first kappa shape index (κ1) is 26.5. The summed E-state index contributed by atoms with van der Waals surface area (Å²) in [7, 11) is 0. The third kappa shape index (κ3) is 6.23. The summed E-state index contributed by atoms with van der Waals surface area (Å²) in [5.41, 5.74) is 0. The summed E-state index contributed by atoms with van der Waals surface area (Å²) in [6.07, 6.45) is 11.8. The molecule has 0 aromatic heterocycles. The summed E-state index contributed by atoms with van der Waals surface area (Å²) < 4.78 is 29.9. The average molecular weight is 393 g/mol. The summed E-state index contributed by atoms with van der Waals surface area (Å²) in [5, 5.41) is 0. The van der Waals surface area contributed by atoms with Crippen molar-refractivity contribution in [1.29, 1.82) is 0 Å². The van der Waals surface area contributed by atoms with Crippen molar-refractivity contribution in [3.8, 4) is 0 Å². The highest BCUT2D eigenvalue weighted by molar-refractivity contribution is 4.95. The second-order valence-electron chi connectivity index (χ2n) is 9.12. The number of alkyl halides is 2. The number of hydrogen-bond acceptors (Lipinski definition) is 0. The van der Waals surface area contributed by atoms with Gasteiger partial charge in [0.1, 0.15) is 12.3 Å². The van der Waals surface area contributed by atoms with Crippen LogP contribution in [0.3, 0.4) is 0 Å².